The van der Waals surface area contributed by atoms with Gasteiger partial charge in [0.25, 0.3) is 0 Å². The Kier molecular flexibility index (Phi) is 5.03. The minimum Gasteiger partial charge on any atom is -0.341 e. The second-order valence-corrected chi connectivity index (χ2v) is 7.14. The maximum Gasteiger partial charge on any atom is 0.227 e. The highest BCUT2D eigenvalue weighted by Gasteiger charge is 2.27. The van der Waals surface area contributed by atoms with E-state index in [1.165, 1.54) is 19.4 Å². The summed E-state index contributed by atoms with van der Waals surface area (Å²) in [5.74, 6) is 1.09. The fourth-order valence-electron chi connectivity index (χ4n) is 3.15. The summed E-state index contributed by atoms with van der Waals surface area (Å²) in [6, 6.07) is 0. The maximum absolute atomic E-state index is 12.6. The Bertz CT molecular complexity index is 514. The van der Waals surface area contributed by atoms with Crippen molar-refractivity contribution in [2.75, 3.05) is 32.7 Å². The largest absolute Gasteiger partial charge is 0.341 e. The predicted molar refractivity (Wildman–Crippen MR) is 86.8 cm³/mol. The Morgan fingerprint density at radius 3 is 2.86 bits per heavy atom. The predicted octanol–water partition coefficient (Wildman–Crippen LogP) is 2.12. The smallest absolute Gasteiger partial charge is 0.227 e. The molecule has 1 unspecified atom stereocenters. The van der Waals surface area contributed by atoms with Crippen LogP contribution in [-0.4, -0.2) is 58.2 Å². The molecule has 1 saturated carbocycles. The first-order valence-electron chi connectivity index (χ1n) is 8.31. The molecule has 122 valence electrons. The molecule has 5 nitrogen and oxygen atoms in total. The first-order chi connectivity index (χ1) is 10.6. The lowest BCUT2D eigenvalue weighted by molar-refractivity contribution is -0.135. The molecule has 2 aliphatic rings. The topological polar surface area (TPSA) is 41.4 Å². The second kappa shape index (κ2) is 7.01. The molecule has 2 fully saturated rings. The van der Waals surface area contributed by atoms with Gasteiger partial charge in [-0.25, -0.2) is 0 Å². The zero-order valence-corrected chi connectivity index (χ0v) is 14.0. The van der Waals surface area contributed by atoms with E-state index in [4.69, 9.17) is 11.6 Å². The van der Waals surface area contributed by atoms with Crippen molar-refractivity contribution in [3.63, 3.8) is 0 Å². The number of carbonyl (C=O) groups excluding carboxylic acids is 1. The lowest BCUT2D eigenvalue weighted by atomic mass is 10.1. The molecule has 0 radical (unpaired) electrons. The van der Waals surface area contributed by atoms with Gasteiger partial charge in [0.1, 0.15) is 0 Å². The first kappa shape index (κ1) is 15.8. The molecule has 1 atom stereocenters. The van der Waals surface area contributed by atoms with Crippen LogP contribution in [-0.2, 0) is 11.3 Å². The maximum atomic E-state index is 12.6. The van der Waals surface area contributed by atoms with Crippen LogP contribution in [0.25, 0.3) is 0 Å². The van der Waals surface area contributed by atoms with Crippen molar-refractivity contribution in [2.24, 2.45) is 11.8 Å². The Morgan fingerprint density at radius 2 is 2.18 bits per heavy atom. The summed E-state index contributed by atoms with van der Waals surface area (Å²) in [5.41, 5.74) is 0. The highest BCUT2D eigenvalue weighted by atomic mass is 35.5. The highest BCUT2D eigenvalue weighted by molar-refractivity contribution is 6.30. The van der Waals surface area contributed by atoms with Crippen LogP contribution in [0, 0.1) is 11.8 Å². The molecule has 0 aromatic carbocycles. The molecule has 1 aromatic heterocycles. The van der Waals surface area contributed by atoms with Crippen LogP contribution in [0.4, 0.5) is 0 Å². The fraction of sp³-hybridized carbons (Fsp3) is 0.750. The monoisotopic (exact) mass is 324 g/mol. The number of halogens is 1. The minimum atomic E-state index is -0.0639. The molecule has 1 amide bonds. The zero-order valence-electron chi connectivity index (χ0n) is 13.2. The summed E-state index contributed by atoms with van der Waals surface area (Å²) in [7, 11) is 0. The number of amides is 1. The van der Waals surface area contributed by atoms with Gasteiger partial charge in [0.15, 0.2) is 0 Å². The van der Waals surface area contributed by atoms with Crippen molar-refractivity contribution in [3.05, 3.63) is 17.4 Å². The van der Waals surface area contributed by atoms with Crippen molar-refractivity contribution in [1.29, 1.82) is 0 Å². The average Bonchev–Trinajstić information content (AvgIpc) is 3.26. The minimum absolute atomic E-state index is 0.0639. The van der Waals surface area contributed by atoms with Gasteiger partial charge in [-0.1, -0.05) is 18.5 Å². The van der Waals surface area contributed by atoms with E-state index < -0.39 is 0 Å². The van der Waals surface area contributed by atoms with Crippen LogP contribution in [0.5, 0.6) is 0 Å². The number of hydrogen-bond donors (Lipinski definition) is 0. The van der Waals surface area contributed by atoms with E-state index in [1.54, 1.807) is 17.1 Å². The van der Waals surface area contributed by atoms with Crippen LogP contribution in [0.15, 0.2) is 12.4 Å². The number of aromatic nitrogens is 2. The first-order valence-corrected chi connectivity index (χ1v) is 8.68. The summed E-state index contributed by atoms with van der Waals surface area (Å²) in [5, 5.41) is 4.78. The summed E-state index contributed by atoms with van der Waals surface area (Å²) < 4.78 is 1.75. The van der Waals surface area contributed by atoms with Gasteiger partial charge < -0.3 is 9.80 Å². The van der Waals surface area contributed by atoms with Crippen molar-refractivity contribution in [2.45, 2.75) is 32.7 Å². The van der Waals surface area contributed by atoms with Gasteiger partial charge in [0.2, 0.25) is 5.91 Å². The summed E-state index contributed by atoms with van der Waals surface area (Å²) in [4.78, 5) is 17.2. The quantitative estimate of drug-likeness (QED) is 0.833. The third-order valence-electron chi connectivity index (χ3n) is 4.60. The number of hydrogen-bond acceptors (Lipinski definition) is 3. The molecule has 3 rings (SSSR count). The van der Waals surface area contributed by atoms with Gasteiger partial charge in [-0.2, -0.15) is 5.10 Å². The molecular formula is C16H25ClN4O. The number of carbonyl (C=O) groups is 1. The van der Waals surface area contributed by atoms with Crippen molar-refractivity contribution >= 4 is 17.5 Å². The summed E-state index contributed by atoms with van der Waals surface area (Å²) in [6.07, 6.45) is 7.25. The van der Waals surface area contributed by atoms with Crippen molar-refractivity contribution < 1.29 is 4.79 Å². The highest BCUT2D eigenvalue weighted by Crippen LogP contribution is 2.30. The Labute approximate surface area is 137 Å². The second-order valence-electron chi connectivity index (χ2n) is 6.70. The van der Waals surface area contributed by atoms with E-state index in [0.29, 0.717) is 11.6 Å². The third-order valence-corrected chi connectivity index (χ3v) is 4.79. The van der Waals surface area contributed by atoms with Crippen molar-refractivity contribution in [3.8, 4) is 0 Å². The third kappa shape index (κ3) is 4.23. The number of rotatable bonds is 5. The van der Waals surface area contributed by atoms with Crippen molar-refractivity contribution in [1.82, 2.24) is 19.6 Å². The molecule has 0 spiro atoms. The van der Waals surface area contributed by atoms with Gasteiger partial charge in [-0.05, 0) is 31.7 Å². The van der Waals surface area contributed by atoms with Gasteiger partial charge in [0, 0.05) is 32.4 Å². The molecule has 1 aromatic rings. The molecule has 1 saturated heterocycles. The van der Waals surface area contributed by atoms with Crippen LogP contribution < -0.4 is 0 Å². The van der Waals surface area contributed by atoms with E-state index in [1.807, 2.05) is 11.8 Å². The Balaban J connectivity index is 1.50. The van der Waals surface area contributed by atoms with Crippen LogP contribution >= 0.6 is 11.6 Å². The van der Waals surface area contributed by atoms with E-state index >= 15 is 0 Å². The molecule has 1 aliphatic carbocycles. The fourth-order valence-corrected chi connectivity index (χ4v) is 3.30. The Morgan fingerprint density at radius 1 is 1.36 bits per heavy atom. The van der Waals surface area contributed by atoms with Gasteiger partial charge in [-0.3, -0.25) is 9.48 Å². The number of nitrogens with zero attached hydrogens (tertiary/aromatic N) is 4. The zero-order chi connectivity index (χ0) is 15.5. The lowest BCUT2D eigenvalue weighted by Gasteiger charge is -2.24. The molecule has 22 heavy (non-hydrogen) atoms. The summed E-state index contributed by atoms with van der Waals surface area (Å²) >= 11 is 5.87. The molecule has 0 N–H and O–H groups in total. The SMILES string of the molecule is CC(Cn1cc(Cl)cn1)C(=O)N1CCCN(CC2CC2)CC1. The van der Waals surface area contributed by atoms with E-state index in [-0.39, 0.29) is 11.8 Å². The van der Waals surface area contributed by atoms with Crippen LogP contribution in [0.1, 0.15) is 26.2 Å². The lowest BCUT2D eigenvalue weighted by Crippen LogP contribution is -2.39. The molecular weight excluding hydrogens is 300 g/mol. The van der Waals surface area contributed by atoms with E-state index in [9.17, 15) is 4.79 Å². The van der Waals surface area contributed by atoms with Crippen LogP contribution in [0.2, 0.25) is 5.02 Å². The van der Waals surface area contributed by atoms with E-state index in [0.717, 1.165) is 38.5 Å². The summed E-state index contributed by atoms with van der Waals surface area (Å²) in [6.45, 7) is 7.67. The molecule has 2 heterocycles. The molecule has 1 aliphatic heterocycles. The Hall–Kier alpha value is -1.07. The normalized spacial score (nSPS) is 21.6. The van der Waals surface area contributed by atoms with Gasteiger partial charge >= 0.3 is 0 Å². The standard InChI is InChI=1S/C16H25ClN4O/c1-13(10-21-12-15(17)9-18-21)16(22)20-6-2-5-19(7-8-20)11-14-3-4-14/h9,12-14H,2-8,10-11H2,1H3. The van der Waals surface area contributed by atoms with Gasteiger partial charge in [0.05, 0.1) is 23.7 Å². The van der Waals surface area contributed by atoms with Gasteiger partial charge in [-0.15, -0.1) is 0 Å². The average molecular weight is 325 g/mol. The molecule has 0 bridgehead atoms. The van der Waals surface area contributed by atoms with Crippen LogP contribution in [0.3, 0.4) is 0 Å². The molecule has 6 heteroatoms. The van der Waals surface area contributed by atoms with E-state index in [2.05, 4.69) is 10.00 Å².